The van der Waals surface area contributed by atoms with E-state index in [1.807, 2.05) is 34.9 Å². The Morgan fingerprint density at radius 1 is 1.19 bits per heavy atom. The van der Waals surface area contributed by atoms with Crippen molar-refractivity contribution in [2.45, 2.75) is 63.6 Å². The van der Waals surface area contributed by atoms with Crippen LogP contribution in [0.25, 0.3) is 0 Å². The van der Waals surface area contributed by atoms with Crippen LogP contribution in [0.3, 0.4) is 0 Å². The maximum absolute atomic E-state index is 13.7. The Labute approximate surface area is 190 Å². The van der Waals surface area contributed by atoms with Crippen LogP contribution in [0, 0.1) is 5.92 Å². The van der Waals surface area contributed by atoms with Crippen molar-refractivity contribution in [1.82, 2.24) is 9.80 Å². The quantitative estimate of drug-likeness (QED) is 0.599. The van der Waals surface area contributed by atoms with Gasteiger partial charge < -0.3 is 19.3 Å². The van der Waals surface area contributed by atoms with Gasteiger partial charge in [0, 0.05) is 43.9 Å². The molecule has 1 aromatic carbocycles. The summed E-state index contributed by atoms with van der Waals surface area (Å²) in [5, 5.41) is 0. The molecule has 2 atom stereocenters. The van der Waals surface area contributed by atoms with E-state index in [9.17, 15) is 9.59 Å². The average molecular weight is 439 g/mol. The van der Waals surface area contributed by atoms with E-state index in [0.717, 1.165) is 51.6 Å². The van der Waals surface area contributed by atoms with Crippen molar-refractivity contribution in [1.29, 1.82) is 0 Å². The van der Waals surface area contributed by atoms with E-state index in [2.05, 4.69) is 18.7 Å². The van der Waals surface area contributed by atoms with Gasteiger partial charge >= 0.3 is 0 Å². The van der Waals surface area contributed by atoms with E-state index < -0.39 is 0 Å². The molecule has 0 spiro atoms. The van der Waals surface area contributed by atoms with E-state index >= 15 is 0 Å². The molecule has 6 nitrogen and oxygen atoms in total. The third-order valence-electron chi connectivity index (χ3n) is 6.72. The van der Waals surface area contributed by atoms with Gasteiger partial charge in [0.05, 0.1) is 12.7 Å². The Morgan fingerprint density at radius 3 is 2.59 bits per heavy atom. The number of ether oxygens (including phenoxy) is 2. The summed E-state index contributed by atoms with van der Waals surface area (Å²) in [6, 6.07) is 5.52. The van der Waals surface area contributed by atoms with Crippen molar-refractivity contribution < 1.29 is 19.1 Å². The summed E-state index contributed by atoms with van der Waals surface area (Å²) in [5.41, 5.74) is 0.525. The van der Waals surface area contributed by atoms with E-state index in [1.54, 1.807) is 13.2 Å². The van der Waals surface area contributed by atoms with E-state index in [4.69, 9.17) is 9.47 Å². The fourth-order valence-corrected chi connectivity index (χ4v) is 4.73. The summed E-state index contributed by atoms with van der Waals surface area (Å²) >= 11 is 0. The first-order valence-corrected chi connectivity index (χ1v) is 11.8. The Hall–Kier alpha value is -2.76. The Balaban J connectivity index is 1.51. The normalized spacial score (nSPS) is 23.7. The van der Waals surface area contributed by atoms with Crippen LogP contribution in [0.2, 0.25) is 0 Å². The SMILES string of the molecule is C=CC[C@@H]1CC=C[C@@H](C)N1C(=O)c1cc(OC)ccc1OC1CCN(C(=O)C2CC2)CC1. The van der Waals surface area contributed by atoms with Gasteiger partial charge in [-0.25, -0.2) is 0 Å². The topological polar surface area (TPSA) is 59.1 Å². The maximum Gasteiger partial charge on any atom is 0.258 e. The number of hydrogen-bond acceptors (Lipinski definition) is 4. The zero-order chi connectivity index (χ0) is 22.7. The first-order valence-electron chi connectivity index (χ1n) is 11.8. The van der Waals surface area contributed by atoms with Crippen molar-refractivity contribution in [3.05, 3.63) is 48.6 Å². The number of hydrogen-bond donors (Lipinski definition) is 0. The highest BCUT2D eigenvalue weighted by molar-refractivity contribution is 5.98. The number of carbonyl (C=O) groups excluding carboxylic acids is 2. The average Bonchev–Trinajstić information content (AvgIpc) is 3.65. The summed E-state index contributed by atoms with van der Waals surface area (Å²) in [7, 11) is 1.60. The zero-order valence-electron chi connectivity index (χ0n) is 19.2. The summed E-state index contributed by atoms with van der Waals surface area (Å²) < 4.78 is 11.8. The van der Waals surface area contributed by atoms with Crippen LogP contribution in [0.4, 0.5) is 0 Å². The molecule has 0 radical (unpaired) electrons. The van der Waals surface area contributed by atoms with Gasteiger partial charge in [0.1, 0.15) is 17.6 Å². The largest absolute Gasteiger partial charge is 0.497 e. The molecule has 3 aliphatic rings. The molecule has 2 fully saturated rings. The summed E-state index contributed by atoms with van der Waals surface area (Å²) in [4.78, 5) is 30.0. The number of methoxy groups -OCH3 is 1. The van der Waals surface area contributed by atoms with Gasteiger partial charge in [0.25, 0.3) is 5.91 Å². The minimum absolute atomic E-state index is 0.00285. The second-order valence-electron chi connectivity index (χ2n) is 9.07. The van der Waals surface area contributed by atoms with Crippen LogP contribution in [0.1, 0.15) is 55.8 Å². The highest BCUT2D eigenvalue weighted by Gasteiger charge is 2.36. The predicted molar refractivity (Wildman–Crippen MR) is 124 cm³/mol. The van der Waals surface area contributed by atoms with Crippen LogP contribution in [0.15, 0.2) is 43.0 Å². The third kappa shape index (κ3) is 4.84. The molecule has 172 valence electrons. The monoisotopic (exact) mass is 438 g/mol. The Kier molecular flexibility index (Phi) is 6.87. The molecule has 1 aromatic rings. The fraction of sp³-hybridized carbons (Fsp3) is 0.538. The minimum Gasteiger partial charge on any atom is -0.497 e. The number of rotatable bonds is 7. The second kappa shape index (κ2) is 9.80. The Bertz CT molecular complexity index is 884. The predicted octanol–water partition coefficient (Wildman–Crippen LogP) is 4.21. The molecule has 2 amide bonds. The lowest BCUT2D eigenvalue weighted by Gasteiger charge is -2.38. The zero-order valence-corrected chi connectivity index (χ0v) is 19.2. The summed E-state index contributed by atoms with van der Waals surface area (Å²) in [6.45, 7) is 7.34. The fourth-order valence-electron chi connectivity index (χ4n) is 4.73. The van der Waals surface area contributed by atoms with Crippen LogP contribution < -0.4 is 9.47 Å². The van der Waals surface area contributed by atoms with Gasteiger partial charge in [-0.2, -0.15) is 0 Å². The molecule has 4 rings (SSSR count). The van der Waals surface area contributed by atoms with Gasteiger partial charge in [-0.05, 0) is 50.8 Å². The van der Waals surface area contributed by atoms with Gasteiger partial charge in [-0.3, -0.25) is 9.59 Å². The van der Waals surface area contributed by atoms with Gasteiger partial charge in [-0.1, -0.05) is 18.2 Å². The molecular weight excluding hydrogens is 404 g/mol. The molecule has 1 saturated carbocycles. The molecule has 32 heavy (non-hydrogen) atoms. The van der Waals surface area contributed by atoms with Crippen LogP contribution >= 0.6 is 0 Å². The van der Waals surface area contributed by atoms with Crippen molar-refractivity contribution in [2.75, 3.05) is 20.2 Å². The van der Waals surface area contributed by atoms with Crippen molar-refractivity contribution >= 4 is 11.8 Å². The highest BCUT2D eigenvalue weighted by Crippen LogP contribution is 2.34. The smallest absolute Gasteiger partial charge is 0.258 e. The third-order valence-corrected chi connectivity index (χ3v) is 6.72. The summed E-state index contributed by atoms with van der Waals surface area (Å²) in [6.07, 6.45) is 11.3. The lowest BCUT2D eigenvalue weighted by molar-refractivity contribution is -0.134. The van der Waals surface area contributed by atoms with Crippen LogP contribution in [-0.4, -0.2) is 60.0 Å². The molecular formula is C26H34N2O4. The first kappa shape index (κ1) is 22.4. The molecule has 1 aliphatic carbocycles. The number of nitrogens with zero attached hydrogens (tertiary/aromatic N) is 2. The van der Waals surface area contributed by atoms with Gasteiger partial charge in [0.2, 0.25) is 5.91 Å². The molecule has 0 unspecified atom stereocenters. The maximum atomic E-state index is 13.7. The van der Waals surface area contributed by atoms with E-state index in [0.29, 0.717) is 23.0 Å². The molecule has 0 N–H and O–H groups in total. The molecule has 2 heterocycles. The van der Waals surface area contributed by atoms with Crippen LogP contribution in [-0.2, 0) is 4.79 Å². The van der Waals surface area contributed by atoms with Crippen molar-refractivity contribution in [3.63, 3.8) is 0 Å². The number of carbonyl (C=O) groups is 2. The lowest BCUT2D eigenvalue weighted by atomic mass is 9.98. The van der Waals surface area contributed by atoms with E-state index in [1.165, 1.54) is 0 Å². The van der Waals surface area contributed by atoms with Crippen molar-refractivity contribution in [3.8, 4) is 11.5 Å². The molecule has 6 heteroatoms. The number of benzene rings is 1. The first-order chi connectivity index (χ1) is 15.5. The Morgan fingerprint density at radius 2 is 1.94 bits per heavy atom. The second-order valence-corrected chi connectivity index (χ2v) is 9.07. The highest BCUT2D eigenvalue weighted by atomic mass is 16.5. The lowest BCUT2D eigenvalue weighted by Crippen LogP contribution is -2.47. The summed E-state index contributed by atoms with van der Waals surface area (Å²) in [5.74, 6) is 1.71. The standard InChI is InChI=1S/C26H34N2O4/c1-4-6-20-8-5-7-18(2)28(20)26(30)23-17-22(31-3)11-12-24(23)32-21-13-15-27(16-14-21)25(29)19-9-10-19/h4-5,7,11-12,17-21H,1,6,8-10,13-16H2,2-3H3/t18-,20-/m1/s1. The number of likely N-dealkylation sites (tertiary alicyclic amines) is 1. The minimum atomic E-state index is -0.0519. The number of amides is 2. The molecule has 0 bridgehead atoms. The molecule has 2 aliphatic heterocycles. The van der Waals surface area contributed by atoms with Crippen molar-refractivity contribution in [2.24, 2.45) is 5.92 Å². The number of piperidine rings is 1. The van der Waals surface area contributed by atoms with Crippen LogP contribution in [0.5, 0.6) is 11.5 Å². The molecule has 1 saturated heterocycles. The molecule has 0 aromatic heterocycles. The van der Waals surface area contributed by atoms with Gasteiger partial charge in [-0.15, -0.1) is 6.58 Å². The van der Waals surface area contributed by atoms with Gasteiger partial charge in [0.15, 0.2) is 0 Å². The van der Waals surface area contributed by atoms with E-state index in [-0.39, 0.29) is 30.0 Å².